The lowest BCUT2D eigenvalue weighted by atomic mass is 10.1. The number of nitrogens with zero attached hydrogens (tertiary/aromatic N) is 5. The molecule has 5 aromatic rings. The number of ether oxygens (including phenoxy) is 1. The van der Waals surface area contributed by atoms with Gasteiger partial charge >= 0.3 is 0 Å². The van der Waals surface area contributed by atoms with Crippen molar-refractivity contribution < 1.29 is 9.53 Å². The number of rotatable bonds is 9. The van der Waals surface area contributed by atoms with Gasteiger partial charge in [-0.1, -0.05) is 61.0 Å². The number of halogens is 1. The molecule has 0 fully saturated rings. The lowest BCUT2D eigenvalue weighted by Crippen LogP contribution is -2.47. The Balaban J connectivity index is 1.42. The molecule has 1 aliphatic rings. The van der Waals surface area contributed by atoms with Crippen LogP contribution in [0.4, 0.5) is 11.6 Å². The minimum Gasteiger partial charge on any atom is -0.497 e. The van der Waals surface area contributed by atoms with E-state index in [0.717, 1.165) is 23.1 Å². The number of nitrogens with one attached hydrogen (secondary N) is 1. The molecular formula is C34H33ClN6O3. The third-order valence-corrected chi connectivity index (χ3v) is 8.15. The van der Waals surface area contributed by atoms with Crippen molar-refractivity contribution in [2.24, 2.45) is 0 Å². The summed E-state index contributed by atoms with van der Waals surface area (Å²) in [5.74, 6) is 1.62. The van der Waals surface area contributed by atoms with Crippen LogP contribution in [0.15, 0.2) is 90.0 Å². The molecule has 0 saturated carbocycles. The van der Waals surface area contributed by atoms with Crippen molar-refractivity contribution in [2.45, 2.75) is 32.9 Å². The van der Waals surface area contributed by atoms with Crippen molar-refractivity contribution in [3.8, 4) is 11.4 Å². The summed E-state index contributed by atoms with van der Waals surface area (Å²) in [6.07, 6.45) is 2.29. The second kappa shape index (κ2) is 12.4. The van der Waals surface area contributed by atoms with Crippen molar-refractivity contribution in [2.75, 3.05) is 30.5 Å². The van der Waals surface area contributed by atoms with E-state index in [0.29, 0.717) is 58.7 Å². The van der Waals surface area contributed by atoms with Gasteiger partial charge in [0.1, 0.15) is 29.3 Å². The van der Waals surface area contributed by atoms with Gasteiger partial charge in [0, 0.05) is 24.5 Å². The second-order valence-electron chi connectivity index (χ2n) is 10.8. The highest BCUT2D eigenvalue weighted by molar-refractivity contribution is 6.35. The molecule has 0 bridgehead atoms. The number of carbonyl (C=O) groups is 1. The first kappa shape index (κ1) is 29.2. The standard InChI is InChI=1S/C34H33ClN6O3/c1-4-17-39-21-40(19-23-13-15-26(44-3)16-14-23)32-30(33(39)42)31(36-20-37-32)38-22(2)28-18-24-9-8-12-27(35)29(24)34(43)41(28)25-10-6-5-7-11-25/h5-16,18,20,22H,4,17,19,21H2,1-3H3,(H,36,37,38). The van der Waals surface area contributed by atoms with Crippen LogP contribution in [-0.2, 0) is 6.54 Å². The molecule has 1 atom stereocenters. The predicted octanol–water partition coefficient (Wildman–Crippen LogP) is 6.45. The normalized spacial score (nSPS) is 13.6. The molecule has 1 aliphatic heterocycles. The Kier molecular flexibility index (Phi) is 8.21. The van der Waals surface area contributed by atoms with Gasteiger partial charge in [0.25, 0.3) is 11.5 Å². The van der Waals surface area contributed by atoms with Gasteiger partial charge in [-0.3, -0.25) is 14.2 Å². The van der Waals surface area contributed by atoms with Crippen molar-refractivity contribution in [1.29, 1.82) is 0 Å². The van der Waals surface area contributed by atoms with E-state index in [1.54, 1.807) is 17.7 Å². The van der Waals surface area contributed by atoms with Crippen LogP contribution in [0.3, 0.4) is 0 Å². The first-order chi connectivity index (χ1) is 21.4. The van der Waals surface area contributed by atoms with Crippen LogP contribution in [0.25, 0.3) is 16.5 Å². The summed E-state index contributed by atoms with van der Waals surface area (Å²) < 4.78 is 6.99. The summed E-state index contributed by atoms with van der Waals surface area (Å²) in [4.78, 5) is 40.8. The van der Waals surface area contributed by atoms with Crippen LogP contribution in [-0.4, -0.2) is 45.7 Å². The Morgan fingerprint density at radius 1 is 0.977 bits per heavy atom. The first-order valence-electron chi connectivity index (χ1n) is 14.6. The van der Waals surface area contributed by atoms with Crippen molar-refractivity contribution in [3.05, 3.63) is 117 Å². The quantitative estimate of drug-likeness (QED) is 0.206. The highest BCUT2D eigenvalue weighted by atomic mass is 35.5. The maximum Gasteiger partial charge on any atom is 0.264 e. The number of amides is 1. The van der Waals surface area contributed by atoms with E-state index in [-0.39, 0.29) is 11.5 Å². The number of hydrogen-bond acceptors (Lipinski definition) is 7. The zero-order valence-corrected chi connectivity index (χ0v) is 25.6. The Labute approximate surface area is 260 Å². The average Bonchev–Trinajstić information content (AvgIpc) is 3.04. The Bertz CT molecular complexity index is 1880. The Hall–Kier alpha value is -4.89. The highest BCUT2D eigenvalue weighted by Crippen LogP contribution is 2.34. The molecule has 3 heterocycles. The van der Waals surface area contributed by atoms with Gasteiger partial charge in [-0.2, -0.15) is 0 Å². The number of pyridine rings is 1. The van der Waals surface area contributed by atoms with Crippen LogP contribution < -0.4 is 20.5 Å². The van der Waals surface area contributed by atoms with Crippen LogP contribution in [0.2, 0.25) is 5.02 Å². The Morgan fingerprint density at radius 2 is 1.75 bits per heavy atom. The largest absolute Gasteiger partial charge is 0.497 e. The molecule has 224 valence electrons. The van der Waals surface area contributed by atoms with Gasteiger partial charge in [-0.05, 0) is 60.7 Å². The molecule has 9 nitrogen and oxygen atoms in total. The molecule has 6 rings (SSSR count). The lowest BCUT2D eigenvalue weighted by molar-refractivity contribution is 0.0739. The molecule has 10 heteroatoms. The number of para-hydroxylation sites is 1. The van der Waals surface area contributed by atoms with Crippen LogP contribution in [0.1, 0.15) is 47.9 Å². The van der Waals surface area contributed by atoms with Crippen LogP contribution in [0.5, 0.6) is 5.75 Å². The fourth-order valence-corrected chi connectivity index (χ4v) is 5.98. The maximum atomic E-state index is 13.9. The SMILES string of the molecule is CCCN1CN(Cc2ccc(OC)cc2)c2ncnc(NC(C)c3cc4cccc(Cl)c4c(=O)n3-c3ccccc3)c2C1=O. The molecule has 2 aromatic heterocycles. The molecule has 0 saturated heterocycles. The van der Waals surface area contributed by atoms with Crippen molar-refractivity contribution in [3.63, 3.8) is 0 Å². The number of benzene rings is 3. The molecule has 0 radical (unpaired) electrons. The second-order valence-corrected chi connectivity index (χ2v) is 11.2. The smallest absolute Gasteiger partial charge is 0.264 e. The zero-order chi connectivity index (χ0) is 30.8. The van der Waals surface area contributed by atoms with E-state index in [4.69, 9.17) is 16.3 Å². The molecule has 3 aromatic carbocycles. The molecule has 44 heavy (non-hydrogen) atoms. The third-order valence-electron chi connectivity index (χ3n) is 7.83. The van der Waals surface area contributed by atoms with Crippen molar-refractivity contribution in [1.82, 2.24) is 19.4 Å². The fourth-order valence-electron chi connectivity index (χ4n) is 5.72. The average molecular weight is 609 g/mol. The number of fused-ring (bicyclic) bond motifs is 2. The molecule has 1 unspecified atom stereocenters. The van der Waals surface area contributed by atoms with E-state index in [9.17, 15) is 9.59 Å². The summed E-state index contributed by atoms with van der Waals surface area (Å²) in [5, 5.41) is 5.04. The van der Waals surface area contributed by atoms with Gasteiger partial charge in [-0.25, -0.2) is 9.97 Å². The van der Waals surface area contributed by atoms with Gasteiger partial charge in [-0.15, -0.1) is 0 Å². The van der Waals surface area contributed by atoms with Gasteiger partial charge in [0.15, 0.2) is 0 Å². The number of methoxy groups -OCH3 is 1. The van der Waals surface area contributed by atoms with E-state index >= 15 is 0 Å². The van der Waals surface area contributed by atoms with E-state index in [1.807, 2.05) is 91.5 Å². The molecule has 1 amide bonds. The van der Waals surface area contributed by atoms with Gasteiger partial charge < -0.3 is 19.9 Å². The first-order valence-corrected chi connectivity index (χ1v) is 15.0. The van der Waals surface area contributed by atoms with Gasteiger partial charge in [0.2, 0.25) is 0 Å². The number of hydrogen-bond donors (Lipinski definition) is 1. The maximum absolute atomic E-state index is 13.9. The third kappa shape index (κ3) is 5.46. The number of aromatic nitrogens is 3. The van der Waals surface area contributed by atoms with E-state index in [1.165, 1.54) is 6.33 Å². The molecule has 0 aliphatic carbocycles. The number of anilines is 2. The molecule has 0 spiro atoms. The fraction of sp³-hybridized carbons (Fsp3) is 0.235. The minimum atomic E-state index is -0.422. The monoisotopic (exact) mass is 608 g/mol. The number of carbonyl (C=O) groups excluding carboxylic acids is 1. The summed E-state index contributed by atoms with van der Waals surface area (Å²) >= 11 is 6.51. The van der Waals surface area contributed by atoms with Crippen molar-refractivity contribution >= 4 is 39.9 Å². The molecule has 1 N–H and O–H groups in total. The lowest BCUT2D eigenvalue weighted by Gasteiger charge is -2.37. The summed E-state index contributed by atoms with van der Waals surface area (Å²) in [6, 6.07) is 24.3. The van der Waals surface area contributed by atoms with E-state index in [2.05, 4.69) is 20.2 Å². The topological polar surface area (TPSA) is 92.6 Å². The highest BCUT2D eigenvalue weighted by Gasteiger charge is 2.34. The predicted molar refractivity (Wildman–Crippen MR) is 174 cm³/mol. The van der Waals surface area contributed by atoms with Gasteiger partial charge in [0.05, 0.1) is 30.2 Å². The summed E-state index contributed by atoms with van der Waals surface area (Å²) in [6.45, 7) is 5.56. The Morgan fingerprint density at radius 3 is 2.48 bits per heavy atom. The van der Waals surface area contributed by atoms with Crippen LogP contribution in [0, 0.1) is 0 Å². The summed E-state index contributed by atoms with van der Waals surface area (Å²) in [7, 11) is 1.64. The molecular weight excluding hydrogens is 576 g/mol. The van der Waals surface area contributed by atoms with Crippen LogP contribution >= 0.6 is 11.6 Å². The zero-order valence-electron chi connectivity index (χ0n) is 24.8. The summed E-state index contributed by atoms with van der Waals surface area (Å²) in [5.41, 5.74) is 2.66. The van der Waals surface area contributed by atoms with E-state index < -0.39 is 6.04 Å². The minimum absolute atomic E-state index is 0.131.